The van der Waals surface area contributed by atoms with Gasteiger partial charge in [-0.05, 0) is 31.4 Å². The molecule has 21 heavy (non-hydrogen) atoms. The van der Waals surface area contributed by atoms with Crippen molar-refractivity contribution in [2.75, 3.05) is 23.0 Å². The van der Waals surface area contributed by atoms with E-state index in [1.807, 2.05) is 31.2 Å². The fraction of sp³-hybridized carbons (Fsp3) is 0.533. The number of rotatable bonds is 5. The number of hydrogen-bond donors (Lipinski definition) is 1. The lowest BCUT2D eigenvalue weighted by molar-refractivity contribution is -0.136. The maximum atomic E-state index is 11.6. The van der Waals surface area contributed by atoms with Gasteiger partial charge in [-0.2, -0.15) is 0 Å². The number of nitrogens with zero attached hydrogens (tertiary/aromatic N) is 1. The molecule has 0 spiro atoms. The Balaban J connectivity index is 2.20. The lowest BCUT2D eigenvalue weighted by atomic mass is 10.1. The van der Waals surface area contributed by atoms with E-state index >= 15 is 0 Å². The van der Waals surface area contributed by atoms with Crippen LogP contribution in [0.5, 0.6) is 0 Å². The van der Waals surface area contributed by atoms with Crippen LogP contribution >= 0.6 is 0 Å². The molecule has 1 heterocycles. The summed E-state index contributed by atoms with van der Waals surface area (Å²) in [5.41, 5.74) is 2.08. The Hall–Kier alpha value is -1.56. The second kappa shape index (κ2) is 6.47. The highest BCUT2D eigenvalue weighted by Crippen LogP contribution is 2.27. The quantitative estimate of drug-likeness (QED) is 0.898. The molecule has 0 bridgehead atoms. The van der Waals surface area contributed by atoms with E-state index in [1.165, 1.54) is 0 Å². The zero-order valence-electron chi connectivity index (χ0n) is 12.2. The van der Waals surface area contributed by atoms with E-state index in [0.717, 1.165) is 11.3 Å². The first-order valence-electron chi connectivity index (χ1n) is 7.13. The van der Waals surface area contributed by atoms with Crippen LogP contribution in [0.3, 0.4) is 0 Å². The van der Waals surface area contributed by atoms with E-state index in [0.29, 0.717) is 19.4 Å². The lowest BCUT2D eigenvalue weighted by Crippen LogP contribution is -2.42. The Morgan fingerprint density at radius 2 is 1.90 bits per heavy atom. The van der Waals surface area contributed by atoms with Crippen LogP contribution in [-0.2, 0) is 14.6 Å². The van der Waals surface area contributed by atoms with Gasteiger partial charge in [0.05, 0.1) is 17.9 Å². The summed E-state index contributed by atoms with van der Waals surface area (Å²) >= 11 is 0. The summed E-state index contributed by atoms with van der Waals surface area (Å²) in [5, 5.41) is 8.94. The summed E-state index contributed by atoms with van der Waals surface area (Å²) < 4.78 is 23.2. The molecule has 0 atom stereocenters. The van der Waals surface area contributed by atoms with Crippen molar-refractivity contribution in [2.45, 2.75) is 32.2 Å². The predicted octanol–water partition coefficient (Wildman–Crippen LogP) is 1.85. The molecule has 5 nitrogen and oxygen atoms in total. The molecular formula is C15H21NO4S. The SMILES string of the molecule is Cc1ccccc1N(CCC(=O)O)C1CCS(=O)(=O)CC1. The summed E-state index contributed by atoms with van der Waals surface area (Å²) in [6.45, 7) is 2.40. The number of aryl methyl sites for hydroxylation is 1. The van der Waals surface area contributed by atoms with Crippen molar-refractivity contribution in [1.82, 2.24) is 0 Å². The second-order valence-electron chi connectivity index (χ2n) is 5.51. The van der Waals surface area contributed by atoms with Crippen molar-refractivity contribution >= 4 is 21.5 Å². The Labute approximate surface area is 125 Å². The highest BCUT2D eigenvalue weighted by atomic mass is 32.2. The van der Waals surface area contributed by atoms with Gasteiger partial charge in [-0.25, -0.2) is 8.42 Å². The van der Waals surface area contributed by atoms with Gasteiger partial charge in [0.25, 0.3) is 0 Å². The highest BCUT2D eigenvalue weighted by molar-refractivity contribution is 7.91. The van der Waals surface area contributed by atoms with E-state index in [4.69, 9.17) is 5.11 Å². The van der Waals surface area contributed by atoms with Crippen molar-refractivity contribution in [3.8, 4) is 0 Å². The molecule has 0 radical (unpaired) electrons. The maximum absolute atomic E-state index is 11.6. The molecule has 0 aromatic heterocycles. The molecule has 0 saturated carbocycles. The number of para-hydroxylation sites is 1. The lowest BCUT2D eigenvalue weighted by Gasteiger charge is -2.36. The van der Waals surface area contributed by atoms with E-state index < -0.39 is 15.8 Å². The molecular weight excluding hydrogens is 290 g/mol. The smallest absolute Gasteiger partial charge is 0.305 e. The van der Waals surface area contributed by atoms with Gasteiger partial charge in [0.2, 0.25) is 0 Å². The number of sulfone groups is 1. The third kappa shape index (κ3) is 4.20. The van der Waals surface area contributed by atoms with Crippen LogP contribution in [0.2, 0.25) is 0 Å². The van der Waals surface area contributed by atoms with Gasteiger partial charge in [-0.1, -0.05) is 18.2 Å². The third-order valence-electron chi connectivity index (χ3n) is 3.96. The molecule has 0 amide bonds. The van der Waals surface area contributed by atoms with Crippen LogP contribution in [0.4, 0.5) is 5.69 Å². The molecule has 6 heteroatoms. The van der Waals surface area contributed by atoms with Gasteiger partial charge >= 0.3 is 5.97 Å². The highest BCUT2D eigenvalue weighted by Gasteiger charge is 2.28. The Morgan fingerprint density at radius 3 is 2.48 bits per heavy atom. The van der Waals surface area contributed by atoms with E-state index in [2.05, 4.69) is 4.90 Å². The van der Waals surface area contributed by atoms with Crippen LogP contribution in [-0.4, -0.2) is 43.6 Å². The average Bonchev–Trinajstić information content (AvgIpc) is 2.42. The van der Waals surface area contributed by atoms with Gasteiger partial charge in [0, 0.05) is 18.3 Å². The van der Waals surface area contributed by atoms with E-state index in [-0.39, 0.29) is 24.0 Å². The maximum Gasteiger partial charge on any atom is 0.305 e. The fourth-order valence-corrected chi connectivity index (χ4v) is 4.26. The normalized spacial score (nSPS) is 18.3. The molecule has 1 aromatic carbocycles. The monoisotopic (exact) mass is 311 g/mol. The zero-order valence-corrected chi connectivity index (χ0v) is 13.0. The molecule has 1 aromatic rings. The van der Waals surface area contributed by atoms with E-state index in [9.17, 15) is 13.2 Å². The van der Waals surface area contributed by atoms with Gasteiger partial charge in [-0.3, -0.25) is 4.79 Å². The summed E-state index contributed by atoms with van der Waals surface area (Å²) in [6, 6.07) is 7.92. The number of carbonyl (C=O) groups is 1. The standard InChI is InChI=1S/C15H21NO4S/c1-12-4-2-3-5-14(12)16(9-6-15(17)18)13-7-10-21(19,20)11-8-13/h2-5,13H,6-11H2,1H3,(H,17,18). The fourth-order valence-electron chi connectivity index (χ4n) is 2.79. The second-order valence-corrected chi connectivity index (χ2v) is 7.81. The van der Waals surface area contributed by atoms with Crippen molar-refractivity contribution < 1.29 is 18.3 Å². The molecule has 0 aliphatic carbocycles. The van der Waals surface area contributed by atoms with Gasteiger partial charge in [-0.15, -0.1) is 0 Å². The Bertz CT molecular complexity index is 598. The van der Waals surface area contributed by atoms with Crippen molar-refractivity contribution in [3.05, 3.63) is 29.8 Å². The van der Waals surface area contributed by atoms with Gasteiger partial charge < -0.3 is 10.0 Å². The van der Waals surface area contributed by atoms with Gasteiger partial charge in [0.15, 0.2) is 0 Å². The van der Waals surface area contributed by atoms with Crippen LogP contribution < -0.4 is 4.90 Å². The van der Waals surface area contributed by atoms with Crippen LogP contribution in [0.15, 0.2) is 24.3 Å². The van der Waals surface area contributed by atoms with Crippen LogP contribution in [0, 0.1) is 6.92 Å². The predicted molar refractivity (Wildman–Crippen MR) is 82.5 cm³/mol. The van der Waals surface area contributed by atoms with Gasteiger partial charge in [0.1, 0.15) is 9.84 Å². The molecule has 1 saturated heterocycles. The summed E-state index contributed by atoms with van der Waals surface area (Å²) in [6.07, 6.45) is 1.18. The molecule has 1 fully saturated rings. The van der Waals surface area contributed by atoms with Crippen LogP contribution in [0.1, 0.15) is 24.8 Å². The molecule has 116 valence electrons. The first-order chi connectivity index (χ1) is 9.89. The number of carboxylic acids is 1. The molecule has 1 aliphatic rings. The van der Waals surface area contributed by atoms with Crippen LogP contribution in [0.25, 0.3) is 0 Å². The summed E-state index contributed by atoms with van der Waals surface area (Å²) in [7, 11) is -2.92. The Kier molecular flexibility index (Phi) is 4.88. The van der Waals surface area contributed by atoms with Crippen molar-refractivity contribution in [1.29, 1.82) is 0 Å². The Morgan fingerprint density at radius 1 is 1.29 bits per heavy atom. The minimum atomic E-state index is -2.92. The minimum Gasteiger partial charge on any atom is -0.481 e. The first kappa shape index (κ1) is 15.8. The zero-order chi connectivity index (χ0) is 15.5. The molecule has 1 N–H and O–H groups in total. The largest absolute Gasteiger partial charge is 0.481 e. The number of benzene rings is 1. The topological polar surface area (TPSA) is 74.7 Å². The van der Waals surface area contributed by atoms with Crippen molar-refractivity contribution in [2.24, 2.45) is 0 Å². The molecule has 2 rings (SSSR count). The number of carboxylic acid groups (broad SMARTS) is 1. The number of hydrogen-bond acceptors (Lipinski definition) is 4. The number of anilines is 1. The number of aliphatic carboxylic acids is 1. The van der Waals surface area contributed by atoms with Crippen molar-refractivity contribution in [3.63, 3.8) is 0 Å². The summed E-state index contributed by atoms with van der Waals surface area (Å²) in [4.78, 5) is 13.0. The first-order valence-corrected chi connectivity index (χ1v) is 8.96. The third-order valence-corrected chi connectivity index (χ3v) is 5.67. The summed E-state index contributed by atoms with van der Waals surface area (Å²) in [5.74, 6) is -0.461. The van der Waals surface area contributed by atoms with E-state index in [1.54, 1.807) is 0 Å². The average molecular weight is 311 g/mol. The molecule has 1 aliphatic heterocycles. The molecule has 0 unspecified atom stereocenters. The minimum absolute atomic E-state index is 0.0532.